The Morgan fingerprint density at radius 3 is 2.58 bits per heavy atom. The molecule has 0 radical (unpaired) electrons. The number of rotatable bonds is 2. The minimum Gasteiger partial charge on any atom is -0.370 e. The van der Waals surface area contributed by atoms with Gasteiger partial charge in [-0.15, -0.1) is 0 Å². The van der Waals surface area contributed by atoms with Gasteiger partial charge in [-0.1, -0.05) is 12.1 Å². The molecule has 0 aliphatic carbocycles. The highest BCUT2D eigenvalue weighted by Crippen LogP contribution is 2.31. The first-order valence-electron chi connectivity index (χ1n) is 7.33. The predicted molar refractivity (Wildman–Crippen MR) is 77.1 cm³/mol. The molecule has 3 heteroatoms. The highest BCUT2D eigenvalue weighted by atomic mass is 15.1. The lowest BCUT2D eigenvalue weighted by molar-refractivity contribution is 0.292. The largest absolute Gasteiger partial charge is 0.370 e. The number of nitrogens with zero attached hydrogens (tertiary/aromatic N) is 2. The molecule has 2 aliphatic heterocycles. The number of nitriles is 1. The van der Waals surface area contributed by atoms with E-state index in [0.29, 0.717) is 0 Å². The number of para-hydroxylation sites is 1. The molecule has 100 valence electrons. The molecule has 19 heavy (non-hydrogen) atoms. The van der Waals surface area contributed by atoms with Crippen LogP contribution in [-0.2, 0) is 0 Å². The minimum atomic E-state index is 0.809. The van der Waals surface area contributed by atoms with Gasteiger partial charge in [0.15, 0.2) is 0 Å². The van der Waals surface area contributed by atoms with Crippen LogP contribution < -0.4 is 10.2 Å². The molecule has 1 atom stereocenters. The van der Waals surface area contributed by atoms with Crippen LogP contribution in [0.2, 0.25) is 0 Å². The van der Waals surface area contributed by atoms with E-state index in [4.69, 9.17) is 0 Å². The van der Waals surface area contributed by atoms with Crippen LogP contribution >= 0.6 is 0 Å². The molecule has 0 spiro atoms. The molecule has 0 aromatic heterocycles. The van der Waals surface area contributed by atoms with Gasteiger partial charge >= 0.3 is 0 Å². The van der Waals surface area contributed by atoms with E-state index in [1.807, 2.05) is 18.2 Å². The van der Waals surface area contributed by atoms with Crippen LogP contribution in [0.3, 0.4) is 0 Å². The molecule has 0 bridgehead atoms. The summed E-state index contributed by atoms with van der Waals surface area (Å²) in [6.07, 6.45) is 3.89. The standard InChI is InChI=1S/C16H21N3/c17-11-14-3-1-2-4-16(14)19-9-6-13(7-10-19)15-5-8-18-12-15/h1-4,13,15,18H,5-10,12H2. The van der Waals surface area contributed by atoms with E-state index in [1.165, 1.54) is 32.4 Å². The summed E-state index contributed by atoms with van der Waals surface area (Å²) < 4.78 is 0. The molecule has 0 saturated carbocycles. The Balaban J connectivity index is 1.65. The van der Waals surface area contributed by atoms with Crippen molar-refractivity contribution < 1.29 is 0 Å². The fraction of sp³-hybridized carbons (Fsp3) is 0.562. The van der Waals surface area contributed by atoms with Gasteiger partial charge in [-0.05, 0) is 56.3 Å². The quantitative estimate of drug-likeness (QED) is 0.882. The number of anilines is 1. The Bertz CT molecular complexity index is 463. The van der Waals surface area contributed by atoms with Crippen LogP contribution in [0, 0.1) is 23.2 Å². The molecule has 1 aromatic carbocycles. The SMILES string of the molecule is N#Cc1ccccc1N1CCC(C2CCNC2)CC1. The number of hydrogen-bond acceptors (Lipinski definition) is 3. The summed E-state index contributed by atoms with van der Waals surface area (Å²) >= 11 is 0. The Labute approximate surface area is 115 Å². The van der Waals surface area contributed by atoms with Crippen LogP contribution in [-0.4, -0.2) is 26.2 Å². The van der Waals surface area contributed by atoms with E-state index in [1.54, 1.807) is 0 Å². The van der Waals surface area contributed by atoms with Crippen molar-refractivity contribution >= 4 is 5.69 Å². The molecular formula is C16H21N3. The average Bonchev–Trinajstić information content (AvgIpc) is 3.02. The zero-order chi connectivity index (χ0) is 13.1. The zero-order valence-electron chi connectivity index (χ0n) is 11.3. The number of piperidine rings is 1. The molecule has 2 heterocycles. The molecule has 2 fully saturated rings. The molecule has 2 saturated heterocycles. The van der Waals surface area contributed by atoms with Crippen molar-refractivity contribution in [1.29, 1.82) is 5.26 Å². The summed E-state index contributed by atoms with van der Waals surface area (Å²) in [6, 6.07) is 10.3. The van der Waals surface area contributed by atoms with Crippen LogP contribution in [0.25, 0.3) is 0 Å². The van der Waals surface area contributed by atoms with Crippen LogP contribution in [0.1, 0.15) is 24.8 Å². The first-order valence-corrected chi connectivity index (χ1v) is 7.33. The Morgan fingerprint density at radius 1 is 1.11 bits per heavy atom. The smallest absolute Gasteiger partial charge is 0.101 e. The third-order valence-electron chi connectivity index (χ3n) is 4.67. The Hall–Kier alpha value is -1.53. The van der Waals surface area contributed by atoms with Crippen molar-refractivity contribution in [1.82, 2.24) is 5.32 Å². The fourth-order valence-corrected chi connectivity index (χ4v) is 3.54. The van der Waals surface area contributed by atoms with E-state index in [0.717, 1.165) is 36.2 Å². The summed E-state index contributed by atoms with van der Waals surface area (Å²) in [5.74, 6) is 1.76. The molecular weight excluding hydrogens is 234 g/mol. The van der Waals surface area contributed by atoms with Crippen molar-refractivity contribution in [3.63, 3.8) is 0 Å². The second-order valence-corrected chi connectivity index (χ2v) is 5.71. The van der Waals surface area contributed by atoms with Crippen LogP contribution in [0.15, 0.2) is 24.3 Å². The Kier molecular flexibility index (Phi) is 3.70. The number of nitrogens with one attached hydrogen (secondary N) is 1. The maximum absolute atomic E-state index is 9.19. The first-order chi connectivity index (χ1) is 9.38. The number of benzene rings is 1. The zero-order valence-corrected chi connectivity index (χ0v) is 11.3. The van der Waals surface area contributed by atoms with Crippen LogP contribution in [0.4, 0.5) is 5.69 Å². The van der Waals surface area contributed by atoms with Crippen molar-refractivity contribution in [2.75, 3.05) is 31.1 Å². The van der Waals surface area contributed by atoms with Gasteiger partial charge in [-0.25, -0.2) is 0 Å². The van der Waals surface area contributed by atoms with Gasteiger partial charge in [0, 0.05) is 13.1 Å². The molecule has 1 unspecified atom stereocenters. The van der Waals surface area contributed by atoms with Gasteiger partial charge in [0.2, 0.25) is 0 Å². The van der Waals surface area contributed by atoms with E-state index in [2.05, 4.69) is 22.4 Å². The monoisotopic (exact) mass is 255 g/mol. The molecule has 3 rings (SSSR count). The van der Waals surface area contributed by atoms with Gasteiger partial charge < -0.3 is 10.2 Å². The summed E-state index contributed by atoms with van der Waals surface area (Å²) in [7, 11) is 0. The molecule has 3 nitrogen and oxygen atoms in total. The normalized spacial score (nSPS) is 24.4. The molecule has 2 aliphatic rings. The van der Waals surface area contributed by atoms with Gasteiger partial charge in [0.1, 0.15) is 6.07 Å². The highest BCUT2D eigenvalue weighted by Gasteiger charge is 2.28. The fourth-order valence-electron chi connectivity index (χ4n) is 3.54. The summed E-state index contributed by atoms with van der Waals surface area (Å²) in [5, 5.41) is 12.7. The van der Waals surface area contributed by atoms with E-state index in [-0.39, 0.29) is 0 Å². The summed E-state index contributed by atoms with van der Waals surface area (Å²) in [6.45, 7) is 4.60. The highest BCUT2D eigenvalue weighted by molar-refractivity contribution is 5.59. The van der Waals surface area contributed by atoms with E-state index >= 15 is 0 Å². The summed E-state index contributed by atoms with van der Waals surface area (Å²) in [5.41, 5.74) is 1.93. The predicted octanol–water partition coefficient (Wildman–Crippen LogP) is 2.38. The van der Waals surface area contributed by atoms with Gasteiger partial charge in [0.05, 0.1) is 11.3 Å². The first kappa shape index (κ1) is 12.5. The third-order valence-corrected chi connectivity index (χ3v) is 4.67. The molecule has 0 amide bonds. The van der Waals surface area contributed by atoms with Crippen molar-refractivity contribution in [3.05, 3.63) is 29.8 Å². The Morgan fingerprint density at radius 2 is 1.89 bits per heavy atom. The van der Waals surface area contributed by atoms with E-state index < -0.39 is 0 Å². The van der Waals surface area contributed by atoms with Gasteiger partial charge in [0.25, 0.3) is 0 Å². The van der Waals surface area contributed by atoms with Crippen molar-refractivity contribution in [2.24, 2.45) is 11.8 Å². The maximum Gasteiger partial charge on any atom is 0.101 e. The lowest BCUT2D eigenvalue weighted by Crippen LogP contribution is -2.37. The third kappa shape index (κ3) is 2.59. The maximum atomic E-state index is 9.19. The van der Waals surface area contributed by atoms with Crippen LogP contribution in [0.5, 0.6) is 0 Å². The second-order valence-electron chi connectivity index (χ2n) is 5.71. The van der Waals surface area contributed by atoms with Crippen molar-refractivity contribution in [2.45, 2.75) is 19.3 Å². The molecule has 1 N–H and O–H groups in total. The minimum absolute atomic E-state index is 0.809. The average molecular weight is 255 g/mol. The van der Waals surface area contributed by atoms with E-state index in [9.17, 15) is 5.26 Å². The van der Waals surface area contributed by atoms with Crippen molar-refractivity contribution in [3.8, 4) is 6.07 Å². The molecule has 1 aromatic rings. The lowest BCUT2D eigenvalue weighted by atomic mass is 9.83. The topological polar surface area (TPSA) is 39.1 Å². The number of hydrogen-bond donors (Lipinski definition) is 1. The lowest BCUT2D eigenvalue weighted by Gasteiger charge is -2.36. The summed E-state index contributed by atoms with van der Waals surface area (Å²) in [4.78, 5) is 2.39. The van der Waals surface area contributed by atoms with Gasteiger partial charge in [-0.3, -0.25) is 0 Å². The second kappa shape index (κ2) is 5.63. The van der Waals surface area contributed by atoms with Gasteiger partial charge in [-0.2, -0.15) is 5.26 Å².